The quantitative estimate of drug-likeness (QED) is 0.191. The Balaban J connectivity index is 1.19. The van der Waals surface area contributed by atoms with E-state index >= 15 is 0 Å². The largest absolute Gasteiger partial charge is 0.303 e. The normalized spacial score (nSPS) is 17.1. The van der Waals surface area contributed by atoms with Gasteiger partial charge in [0.05, 0.1) is 16.4 Å². The second-order valence-corrected chi connectivity index (χ2v) is 13.7. The molecule has 1 saturated carbocycles. The summed E-state index contributed by atoms with van der Waals surface area (Å²) in [7, 11) is 0. The Hall–Kier alpha value is -3.91. The molecular formula is C36H32Cl2N4O2S. The maximum atomic E-state index is 12.5. The van der Waals surface area contributed by atoms with Crippen LogP contribution in [0.25, 0.3) is 28.1 Å². The molecule has 9 heteroatoms. The summed E-state index contributed by atoms with van der Waals surface area (Å²) in [6.07, 6.45) is 9.17. The number of rotatable bonds is 7. The molecule has 2 aliphatic rings. The van der Waals surface area contributed by atoms with E-state index in [1.807, 2.05) is 41.1 Å². The second kappa shape index (κ2) is 12.8. The van der Waals surface area contributed by atoms with Gasteiger partial charge in [0.25, 0.3) is 5.91 Å². The predicted octanol–water partition coefficient (Wildman–Crippen LogP) is 8.67. The van der Waals surface area contributed by atoms with Crippen molar-refractivity contribution in [1.82, 2.24) is 14.3 Å². The van der Waals surface area contributed by atoms with Crippen molar-refractivity contribution in [2.75, 3.05) is 10.8 Å². The SMILES string of the molecule is O=C1CN(c2cccc(-n3cc(-c4ccc(Cl)cc4Cl)nc3Cc3ccc(-c4ccc(C5CCCCC5)cc4)cc3)c2)S(=O)N1. The first-order chi connectivity index (χ1) is 21.9. The molecule has 0 radical (unpaired) electrons. The van der Waals surface area contributed by atoms with Gasteiger partial charge in [0.15, 0.2) is 0 Å². The highest BCUT2D eigenvalue weighted by molar-refractivity contribution is 7.85. The van der Waals surface area contributed by atoms with E-state index in [0.29, 0.717) is 33.8 Å². The van der Waals surface area contributed by atoms with Crippen LogP contribution in [-0.2, 0) is 22.4 Å². The molecule has 1 atom stereocenters. The maximum Gasteiger partial charge on any atom is 0.253 e. The zero-order valence-corrected chi connectivity index (χ0v) is 26.9. The van der Waals surface area contributed by atoms with E-state index in [0.717, 1.165) is 22.6 Å². The number of hydrogen-bond acceptors (Lipinski definition) is 3. The zero-order valence-electron chi connectivity index (χ0n) is 24.6. The van der Waals surface area contributed by atoms with E-state index in [-0.39, 0.29) is 12.5 Å². The van der Waals surface area contributed by atoms with Crippen LogP contribution in [-0.4, -0.2) is 26.2 Å². The van der Waals surface area contributed by atoms with Crippen molar-refractivity contribution < 1.29 is 9.00 Å². The smallest absolute Gasteiger partial charge is 0.253 e. The first kappa shape index (κ1) is 29.8. The number of nitrogens with one attached hydrogen (secondary N) is 1. The van der Waals surface area contributed by atoms with Crippen molar-refractivity contribution in [1.29, 1.82) is 0 Å². The molecule has 1 saturated heterocycles. The fourth-order valence-corrected chi connectivity index (χ4v) is 7.75. The lowest BCUT2D eigenvalue weighted by Crippen LogP contribution is -2.22. The van der Waals surface area contributed by atoms with Crippen LogP contribution < -0.4 is 9.03 Å². The van der Waals surface area contributed by atoms with E-state index < -0.39 is 11.2 Å². The standard InChI is InChI=1S/C36H32Cl2N4O2S/c37-29-17-18-32(33(38)20-29)34-22-41(30-7-4-8-31(21-30)42-23-36(43)40-45(42)44)35(39-34)19-24-9-11-26(12-10-24)28-15-13-27(14-16-28)25-5-2-1-3-6-25/h4,7-18,20-22,25H,1-3,5-6,19,23H2,(H,40,43). The Morgan fingerprint density at radius 3 is 2.24 bits per heavy atom. The molecule has 0 spiro atoms. The third kappa shape index (κ3) is 6.43. The van der Waals surface area contributed by atoms with Crippen LogP contribution in [0.4, 0.5) is 5.69 Å². The van der Waals surface area contributed by atoms with Crippen molar-refractivity contribution in [2.45, 2.75) is 44.4 Å². The summed E-state index contributed by atoms with van der Waals surface area (Å²) in [5.41, 5.74) is 7.97. The van der Waals surface area contributed by atoms with Crippen molar-refractivity contribution in [3.05, 3.63) is 124 Å². The van der Waals surface area contributed by atoms with Gasteiger partial charge >= 0.3 is 0 Å². The zero-order chi connectivity index (χ0) is 30.9. The fourth-order valence-electron chi connectivity index (χ4n) is 6.33. The summed E-state index contributed by atoms with van der Waals surface area (Å²) in [5.74, 6) is 1.24. The molecule has 228 valence electrons. The van der Waals surface area contributed by atoms with Crippen LogP contribution >= 0.6 is 23.2 Å². The molecule has 6 nitrogen and oxygen atoms in total. The van der Waals surface area contributed by atoms with Gasteiger partial charge in [-0.25, -0.2) is 9.19 Å². The molecule has 1 unspecified atom stereocenters. The third-order valence-electron chi connectivity index (χ3n) is 8.71. The van der Waals surface area contributed by atoms with Crippen molar-refractivity contribution in [3.8, 4) is 28.1 Å². The number of imidazole rings is 1. The molecule has 1 aromatic heterocycles. The first-order valence-electron chi connectivity index (χ1n) is 15.2. The number of nitrogens with zero attached hydrogens (tertiary/aromatic N) is 3. The van der Waals surface area contributed by atoms with Gasteiger partial charge in [-0.1, -0.05) is 97.1 Å². The minimum absolute atomic E-state index is 0.0359. The topological polar surface area (TPSA) is 67.2 Å². The van der Waals surface area contributed by atoms with Gasteiger partial charge in [-0.3, -0.25) is 13.8 Å². The molecular weight excluding hydrogens is 623 g/mol. The first-order valence-corrected chi connectivity index (χ1v) is 17.1. The van der Waals surface area contributed by atoms with E-state index in [1.54, 1.807) is 16.4 Å². The highest BCUT2D eigenvalue weighted by Crippen LogP contribution is 2.35. The molecule has 5 aromatic rings. The Labute approximate surface area is 275 Å². The molecule has 2 fully saturated rings. The molecule has 1 amide bonds. The Bertz CT molecular complexity index is 1880. The Kier molecular flexibility index (Phi) is 8.49. The molecule has 4 aromatic carbocycles. The van der Waals surface area contributed by atoms with Crippen LogP contribution in [0.5, 0.6) is 0 Å². The van der Waals surface area contributed by atoms with E-state index in [2.05, 4.69) is 53.3 Å². The molecule has 0 bridgehead atoms. The molecule has 7 rings (SSSR count). The number of halogens is 2. The highest BCUT2D eigenvalue weighted by atomic mass is 35.5. The monoisotopic (exact) mass is 654 g/mol. The van der Waals surface area contributed by atoms with Crippen molar-refractivity contribution in [2.24, 2.45) is 0 Å². The summed E-state index contributed by atoms with van der Waals surface area (Å²) in [6.45, 7) is 0.0359. The maximum absolute atomic E-state index is 12.5. The van der Waals surface area contributed by atoms with E-state index in [4.69, 9.17) is 28.2 Å². The van der Waals surface area contributed by atoms with E-state index in [9.17, 15) is 9.00 Å². The van der Waals surface area contributed by atoms with Crippen molar-refractivity contribution >= 4 is 46.0 Å². The van der Waals surface area contributed by atoms with Gasteiger partial charge in [0.2, 0.25) is 11.2 Å². The van der Waals surface area contributed by atoms with E-state index in [1.165, 1.54) is 48.8 Å². The molecule has 2 heterocycles. The summed E-state index contributed by atoms with van der Waals surface area (Å²) in [6, 6.07) is 30.7. The Morgan fingerprint density at radius 2 is 1.56 bits per heavy atom. The van der Waals surface area contributed by atoms with Crippen LogP contribution in [0.15, 0.2) is 97.2 Å². The van der Waals surface area contributed by atoms with Gasteiger partial charge in [-0.15, -0.1) is 0 Å². The Morgan fingerprint density at radius 1 is 0.844 bits per heavy atom. The minimum atomic E-state index is -1.62. The number of carbonyl (C=O) groups excluding carboxylic acids is 1. The van der Waals surface area contributed by atoms with Crippen LogP contribution in [0.2, 0.25) is 10.0 Å². The molecule has 1 aliphatic heterocycles. The lowest BCUT2D eigenvalue weighted by atomic mass is 9.83. The summed E-state index contributed by atoms with van der Waals surface area (Å²) < 4.78 is 18.5. The van der Waals surface area contributed by atoms with Gasteiger partial charge in [-0.2, -0.15) is 0 Å². The van der Waals surface area contributed by atoms with Gasteiger partial charge in [0, 0.05) is 28.9 Å². The predicted molar refractivity (Wildman–Crippen MR) is 183 cm³/mol. The van der Waals surface area contributed by atoms with Gasteiger partial charge < -0.3 is 4.57 Å². The third-order valence-corrected chi connectivity index (χ3v) is 10.4. The second-order valence-electron chi connectivity index (χ2n) is 11.7. The lowest BCUT2D eigenvalue weighted by Gasteiger charge is -2.22. The van der Waals surface area contributed by atoms with Crippen molar-refractivity contribution in [3.63, 3.8) is 0 Å². The lowest BCUT2D eigenvalue weighted by molar-refractivity contribution is -0.117. The minimum Gasteiger partial charge on any atom is -0.303 e. The van der Waals surface area contributed by atoms with Gasteiger partial charge in [-0.05, 0) is 77.4 Å². The summed E-state index contributed by atoms with van der Waals surface area (Å²) in [4.78, 5) is 16.9. The number of amides is 1. The average molecular weight is 656 g/mol. The van der Waals surface area contributed by atoms with Crippen LogP contribution in [0.3, 0.4) is 0 Å². The van der Waals surface area contributed by atoms with Gasteiger partial charge in [0.1, 0.15) is 12.4 Å². The highest BCUT2D eigenvalue weighted by Gasteiger charge is 2.27. The van der Waals surface area contributed by atoms with Crippen LogP contribution in [0, 0.1) is 0 Å². The molecule has 1 aliphatic carbocycles. The number of benzene rings is 4. The number of carbonyl (C=O) groups is 1. The number of hydrogen-bond donors (Lipinski definition) is 1. The number of aromatic nitrogens is 2. The average Bonchev–Trinajstić information content (AvgIpc) is 3.63. The van der Waals surface area contributed by atoms with Crippen LogP contribution in [0.1, 0.15) is 55.0 Å². The summed E-state index contributed by atoms with van der Waals surface area (Å²) in [5, 5.41) is 1.07. The fraction of sp³-hybridized carbons (Fsp3) is 0.222. The summed E-state index contributed by atoms with van der Waals surface area (Å²) >= 11 is 11.2. The molecule has 1 N–H and O–H groups in total. The molecule has 45 heavy (non-hydrogen) atoms. The number of anilines is 1.